The van der Waals surface area contributed by atoms with E-state index in [2.05, 4.69) is 15.5 Å². The van der Waals surface area contributed by atoms with Crippen LogP contribution in [0.2, 0.25) is 5.02 Å². The molecule has 1 aliphatic rings. The van der Waals surface area contributed by atoms with Gasteiger partial charge in [-0.25, -0.2) is 4.68 Å². The zero-order valence-electron chi connectivity index (χ0n) is 12.5. The molecule has 1 aromatic heterocycles. The van der Waals surface area contributed by atoms with Crippen molar-refractivity contribution in [3.63, 3.8) is 0 Å². The van der Waals surface area contributed by atoms with Crippen LogP contribution >= 0.6 is 23.4 Å². The molecule has 6 nitrogen and oxygen atoms in total. The van der Waals surface area contributed by atoms with Gasteiger partial charge in [-0.2, -0.15) is 0 Å². The number of halogens is 1. The summed E-state index contributed by atoms with van der Waals surface area (Å²) in [6, 6.07) is 7.58. The molecule has 1 saturated carbocycles. The smallest absolute Gasteiger partial charge is 0.316 e. The highest BCUT2D eigenvalue weighted by molar-refractivity contribution is 7.99. The van der Waals surface area contributed by atoms with Crippen LogP contribution in [0.3, 0.4) is 0 Å². The summed E-state index contributed by atoms with van der Waals surface area (Å²) >= 11 is 7.14. The molecule has 0 saturated heterocycles. The zero-order valence-corrected chi connectivity index (χ0v) is 14.1. The summed E-state index contributed by atoms with van der Waals surface area (Å²) in [7, 11) is 0. The fourth-order valence-corrected chi connectivity index (χ4v) is 3.44. The Morgan fingerprint density at radius 1 is 1.30 bits per heavy atom. The van der Waals surface area contributed by atoms with Crippen LogP contribution < -0.4 is 0 Å². The Balaban J connectivity index is 1.47. The van der Waals surface area contributed by atoms with E-state index in [4.69, 9.17) is 16.3 Å². The third-order valence-electron chi connectivity index (χ3n) is 3.77. The van der Waals surface area contributed by atoms with Crippen molar-refractivity contribution in [1.82, 2.24) is 20.2 Å². The van der Waals surface area contributed by atoms with Gasteiger partial charge in [-0.1, -0.05) is 48.3 Å². The van der Waals surface area contributed by atoms with Crippen LogP contribution in [0.25, 0.3) is 0 Å². The van der Waals surface area contributed by atoms with Crippen LogP contribution in [0, 0.1) is 0 Å². The van der Waals surface area contributed by atoms with E-state index >= 15 is 0 Å². The van der Waals surface area contributed by atoms with Crippen molar-refractivity contribution in [3.8, 4) is 0 Å². The Morgan fingerprint density at radius 3 is 2.78 bits per heavy atom. The van der Waals surface area contributed by atoms with Crippen molar-refractivity contribution in [3.05, 3.63) is 34.9 Å². The number of hydrogen-bond acceptors (Lipinski definition) is 6. The summed E-state index contributed by atoms with van der Waals surface area (Å²) in [6.45, 7) is 0.240. The van der Waals surface area contributed by atoms with Crippen molar-refractivity contribution in [2.45, 2.75) is 43.5 Å². The van der Waals surface area contributed by atoms with Crippen LogP contribution in [0.1, 0.15) is 37.3 Å². The van der Waals surface area contributed by atoms with Crippen LogP contribution in [0.15, 0.2) is 29.4 Å². The van der Waals surface area contributed by atoms with Gasteiger partial charge < -0.3 is 4.74 Å². The highest BCUT2D eigenvalue weighted by atomic mass is 35.5. The normalized spacial score (nSPS) is 15.0. The van der Waals surface area contributed by atoms with Crippen LogP contribution in [-0.4, -0.2) is 31.9 Å². The highest BCUT2D eigenvalue weighted by Gasteiger charge is 2.22. The van der Waals surface area contributed by atoms with Crippen molar-refractivity contribution in [1.29, 1.82) is 0 Å². The van der Waals surface area contributed by atoms with Gasteiger partial charge in [0.2, 0.25) is 5.16 Å². The fourth-order valence-electron chi connectivity index (χ4n) is 2.57. The topological polar surface area (TPSA) is 69.9 Å². The van der Waals surface area contributed by atoms with Crippen LogP contribution in [0.5, 0.6) is 0 Å². The zero-order chi connectivity index (χ0) is 16.1. The second-order valence-corrected chi connectivity index (χ2v) is 6.80. The molecule has 122 valence electrons. The van der Waals surface area contributed by atoms with Crippen LogP contribution in [-0.2, 0) is 16.1 Å². The average molecular weight is 353 g/mol. The second kappa shape index (κ2) is 7.79. The van der Waals surface area contributed by atoms with Crippen molar-refractivity contribution >= 4 is 29.3 Å². The summed E-state index contributed by atoms with van der Waals surface area (Å²) in [5.41, 5.74) is 0.906. The number of carbonyl (C=O) groups excluding carboxylic acids is 1. The second-order valence-electron chi connectivity index (χ2n) is 5.42. The number of tetrazole rings is 1. The van der Waals surface area contributed by atoms with Gasteiger partial charge in [-0.15, -0.1) is 5.10 Å². The van der Waals surface area contributed by atoms with E-state index in [1.54, 1.807) is 12.1 Å². The highest BCUT2D eigenvalue weighted by Crippen LogP contribution is 2.31. The van der Waals surface area contributed by atoms with Gasteiger partial charge in [0.25, 0.3) is 0 Å². The molecule has 0 amide bonds. The molecule has 1 fully saturated rings. The molecule has 8 heteroatoms. The molecule has 0 atom stereocenters. The maximum atomic E-state index is 11.9. The lowest BCUT2D eigenvalue weighted by Crippen LogP contribution is -2.11. The maximum absolute atomic E-state index is 11.9. The van der Waals surface area contributed by atoms with Gasteiger partial charge in [0.1, 0.15) is 6.61 Å². The Hall–Kier alpha value is -1.60. The molecule has 0 N–H and O–H groups in total. The average Bonchev–Trinajstić information content (AvgIpc) is 3.23. The Labute approximate surface area is 143 Å². The standard InChI is InChI=1S/C15H17ClN4O2S/c16-12-7-5-11(6-8-12)9-22-14(21)10-23-15-17-18-19-20(15)13-3-1-2-4-13/h5-8,13H,1-4,9-10H2. The third-order valence-corrected chi connectivity index (χ3v) is 4.92. The van der Waals surface area contributed by atoms with Gasteiger partial charge in [0, 0.05) is 5.02 Å². The minimum atomic E-state index is -0.286. The first-order chi connectivity index (χ1) is 11.2. The largest absolute Gasteiger partial charge is 0.460 e. The number of carbonyl (C=O) groups is 1. The molecular formula is C15H17ClN4O2S. The molecular weight excluding hydrogens is 336 g/mol. The van der Waals surface area contributed by atoms with Crippen molar-refractivity contribution in [2.24, 2.45) is 0 Å². The molecule has 0 bridgehead atoms. The van der Waals surface area contributed by atoms with Gasteiger partial charge in [0.05, 0.1) is 11.8 Å². The molecule has 0 unspecified atom stereocenters. The predicted molar refractivity (Wildman–Crippen MR) is 87.3 cm³/mol. The number of benzene rings is 1. The SMILES string of the molecule is O=C(CSc1nnnn1C1CCCC1)OCc1ccc(Cl)cc1. The van der Waals surface area contributed by atoms with E-state index in [9.17, 15) is 4.79 Å². The molecule has 0 spiro atoms. The van der Waals surface area contributed by atoms with Gasteiger partial charge in [-0.05, 0) is 41.0 Å². The van der Waals surface area contributed by atoms with E-state index in [1.165, 1.54) is 24.6 Å². The molecule has 23 heavy (non-hydrogen) atoms. The first kappa shape index (κ1) is 16.3. The number of hydrogen-bond donors (Lipinski definition) is 0. The quantitative estimate of drug-likeness (QED) is 0.587. The van der Waals surface area contributed by atoms with Crippen LogP contribution in [0.4, 0.5) is 0 Å². The first-order valence-corrected chi connectivity index (χ1v) is 8.89. The Bertz CT molecular complexity index is 656. The molecule has 1 heterocycles. The fraction of sp³-hybridized carbons (Fsp3) is 0.467. The number of ether oxygens (including phenoxy) is 1. The number of thioether (sulfide) groups is 1. The Morgan fingerprint density at radius 2 is 2.04 bits per heavy atom. The third kappa shape index (κ3) is 4.45. The first-order valence-electron chi connectivity index (χ1n) is 7.53. The van der Waals surface area contributed by atoms with Gasteiger partial charge in [-0.3, -0.25) is 4.79 Å². The summed E-state index contributed by atoms with van der Waals surface area (Å²) in [6.07, 6.45) is 4.61. The molecule has 1 aliphatic carbocycles. The number of nitrogens with zero attached hydrogens (tertiary/aromatic N) is 4. The van der Waals surface area contributed by atoms with E-state index in [0.717, 1.165) is 18.4 Å². The van der Waals surface area contributed by atoms with E-state index in [1.807, 2.05) is 16.8 Å². The number of esters is 1. The number of rotatable bonds is 6. The van der Waals surface area contributed by atoms with E-state index < -0.39 is 0 Å². The predicted octanol–water partition coefficient (Wildman–Crippen LogP) is 3.28. The monoisotopic (exact) mass is 352 g/mol. The lowest BCUT2D eigenvalue weighted by atomic mass is 10.2. The summed E-state index contributed by atoms with van der Waals surface area (Å²) in [5.74, 6) is -0.0911. The summed E-state index contributed by atoms with van der Waals surface area (Å²) < 4.78 is 7.09. The lowest BCUT2D eigenvalue weighted by Gasteiger charge is -2.10. The lowest BCUT2D eigenvalue weighted by molar-refractivity contribution is -0.141. The minimum Gasteiger partial charge on any atom is -0.460 e. The van der Waals surface area contributed by atoms with Gasteiger partial charge in [0.15, 0.2) is 0 Å². The Kier molecular flexibility index (Phi) is 5.51. The molecule has 0 radical (unpaired) electrons. The summed E-state index contributed by atoms with van der Waals surface area (Å²) in [4.78, 5) is 11.9. The molecule has 2 aromatic rings. The summed E-state index contributed by atoms with van der Waals surface area (Å²) in [5, 5.41) is 13.1. The van der Waals surface area contributed by atoms with E-state index in [-0.39, 0.29) is 18.3 Å². The maximum Gasteiger partial charge on any atom is 0.316 e. The number of aromatic nitrogens is 4. The molecule has 1 aromatic carbocycles. The molecule has 0 aliphatic heterocycles. The molecule has 3 rings (SSSR count). The van der Waals surface area contributed by atoms with Crippen molar-refractivity contribution in [2.75, 3.05) is 5.75 Å². The van der Waals surface area contributed by atoms with Gasteiger partial charge >= 0.3 is 5.97 Å². The van der Waals surface area contributed by atoms with Crippen molar-refractivity contribution < 1.29 is 9.53 Å². The minimum absolute atomic E-state index is 0.195. The van der Waals surface area contributed by atoms with E-state index in [0.29, 0.717) is 16.2 Å².